The summed E-state index contributed by atoms with van der Waals surface area (Å²) in [6.07, 6.45) is 3.27. The van der Waals surface area contributed by atoms with E-state index in [0.29, 0.717) is 11.0 Å². The molecule has 1 atom stereocenters. The largest absolute Gasteiger partial charge is 0.362 e. The van der Waals surface area contributed by atoms with Crippen LogP contribution in [0.1, 0.15) is 31.4 Å². The maximum Gasteiger partial charge on any atom is 0.170 e. The molecule has 0 amide bonds. The molecule has 2 N–H and O–H groups in total. The van der Waals surface area contributed by atoms with Crippen LogP contribution in [0.3, 0.4) is 0 Å². The van der Waals surface area contributed by atoms with Gasteiger partial charge < -0.3 is 10.6 Å². The number of rotatable bonds is 7. The van der Waals surface area contributed by atoms with E-state index in [4.69, 9.17) is 12.2 Å². The molecule has 2 rings (SSSR count). The molecule has 0 saturated carbocycles. The van der Waals surface area contributed by atoms with Crippen LogP contribution < -0.4 is 10.6 Å². The fourth-order valence-corrected chi connectivity index (χ4v) is 2.75. The monoisotopic (exact) mass is 326 g/mol. The van der Waals surface area contributed by atoms with E-state index in [1.54, 1.807) is 0 Å². The smallest absolute Gasteiger partial charge is 0.170 e. The number of benzene rings is 2. The van der Waals surface area contributed by atoms with Crippen LogP contribution in [0.4, 0.5) is 5.69 Å². The highest BCUT2D eigenvalue weighted by atomic mass is 32.1. The molecule has 0 radical (unpaired) electrons. The van der Waals surface area contributed by atoms with Crippen molar-refractivity contribution in [2.24, 2.45) is 5.92 Å². The summed E-state index contributed by atoms with van der Waals surface area (Å²) in [5.74, 6) is 0.583. The molecule has 0 spiro atoms. The van der Waals surface area contributed by atoms with Crippen molar-refractivity contribution in [3.05, 3.63) is 65.7 Å². The number of nitrogens with one attached hydrogen (secondary N) is 2. The summed E-state index contributed by atoms with van der Waals surface area (Å²) >= 11 is 5.41. The Balaban J connectivity index is 1.79. The Kier molecular flexibility index (Phi) is 7.08. The maximum absolute atomic E-state index is 5.41. The molecule has 0 fully saturated rings. The van der Waals surface area contributed by atoms with Crippen molar-refractivity contribution in [3.8, 4) is 0 Å². The first-order valence-electron chi connectivity index (χ1n) is 8.39. The Morgan fingerprint density at radius 2 is 1.65 bits per heavy atom. The van der Waals surface area contributed by atoms with Gasteiger partial charge >= 0.3 is 0 Å². The number of hydrogen-bond acceptors (Lipinski definition) is 1. The van der Waals surface area contributed by atoms with Gasteiger partial charge in [0.05, 0.1) is 0 Å². The molecule has 0 aromatic heterocycles. The Bertz CT molecular complexity index is 593. The van der Waals surface area contributed by atoms with E-state index < -0.39 is 0 Å². The van der Waals surface area contributed by atoms with E-state index >= 15 is 0 Å². The van der Waals surface area contributed by atoms with Crippen molar-refractivity contribution >= 4 is 23.0 Å². The third kappa shape index (κ3) is 6.03. The van der Waals surface area contributed by atoms with E-state index in [1.807, 2.05) is 0 Å². The average Bonchev–Trinajstić information content (AvgIpc) is 2.60. The highest BCUT2D eigenvalue weighted by Gasteiger charge is 2.08. The molecule has 3 heteroatoms. The minimum atomic E-state index is 0.583. The molecule has 0 heterocycles. The minimum absolute atomic E-state index is 0.583. The van der Waals surface area contributed by atoms with Gasteiger partial charge in [0.1, 0.15) is 0 Å². The highest BCUT2D eigenvalue weighted by molar-refractivity contribution is 7.80. The first-order valence-corrected chi connectivity index (χ1v) is 8.79. The van der Waals surface area contributed by atoms with E-state index in [9.17, 15) is 0 Å². The van der Waals surface area contributed by atoms with Crippen LogP contribution in [-0.4, -0.2) is 11.7 Å². The molecule has 23 heavy (non-hydrogen) atoms. The molecule has 0 bridgehead atoms. The molecule has 122 valence electrons. The zero-order valence-electron chi connectivity index (χ0n) is 14.0. The molecule has 0 saturated heterocycles. The van der Waals surface area contributed by atoms with Crippen molar-refractivity contribution in [1.29, 1.82) is 0 Å². The predicted octanol–water partition coefficient (Wildman–Crippen LogP) is 4.80. The summed E-state index contributed by atoms with van der Waals surface area (Å²) < 4.78 is 0. The molecule has 0 aliphatic heterocycles. The van der Waals surface area contributed by atoms with Crippen LogP contribution >= 0.6 is 12.2 Å². The summed E-state index contributed by atoms with van der Waals surface area (Å²) in [4.78, 5) is 0. The van der Waals surface area contributed by atoms with Gasteiger partial charge in [-0.2, -0.15) is 0 Å². The second-order valence-corrected chi connectivity index (χ2v) is 6.26. The van der Waals surface area contributed by atoms with E-state index in [-0.39, 0.29) is 0 Å². The molecular formula is C20H26N2S. The normalized spacial score (nSPS) is 11.7. The van der Waals surface area contributed by atoms with Gasteiger partial charge in [-0.25, -0.2) is 0 Å². The van der Waals surface area contributed by atoms with Gasteiger partial charge in [-0.3, -0.25) is 0 Å². The van der Waals surface area contributed by atoms with Crippen molar-refractivity contribution in [2.75, 3.05) is 11.9 Å². The lowest BCUT2D eigenvalue weighted by atomic mass is 9.97. The average molecular weight is 327 g/mol. The first kappa shape index (κ1) is 17.5. The second kappa shape index (κ2) is 9.31. The van der Waals surface area contributed by atoms with Gasteiger partial charge in [-0.1, -0.05) is 62.7 Å². The SMILES string of the molecule is CCc1ccc(NC(=S)NC[C@@H](CC)Cc2ccccc2)cc1. The lowest BCUT2D eigenvalue weighted by Gasteiger charge is -2.18. The zero-order chi connectivity index (χ0) is 16.5. The van der Waals surface area contributed by atoms with Gasteiger partial charge in [-0.15, -0.1) is 0 Å². The molecule has 2 nitrogen and oxygen atoms in total. The van der Waals surface area contributed by atoms with Crippen molar-refractivity contribution in [3.63, 3.8) is 0 Å². The first-order chi connectivity index (χ1) is 11.2. The number of aryl methyl sites for hydroxylation is 1. The number of thiocarbonyl (C=S) groups is 1. The summed E-state index contributed by atoms with van der Waals surface area (Å²) in [5.41, 5.74) is 3.76. The number of hydrogen-bond donors (Lipinski definition) is 2. The standard InChI is InChI=1S/C20H26N2S/c1-3-16-10-12-19(13-11-16)22-20(23)21-15-17(4-2)14-18-8-6-5-7-9-18/h5-13,17H,3-4,14-15H2,1-2H3,(H2,21,22,23)/t17-/m0/s1. The lowest BCUT2D eigenvalue weighted by Crippen LogP contribution is -2.33. The van der Waals surface area contributed by atoms with Gasteiger partial charge in [-0.05, 0) is 54.2 Å². The fraction of sp³-hybridized carbons (Fsp3) is 0.350. The Morgan fingerprint density at radius 1 is 0.957 bits per heavy atom. The van der Waals surface area contributed by atoms with Crippen LogP contribution in [0, 0.1) is 5.92 Å². The molecule has 0 unspecified atom stereocenters. The molecular weight excluding hydrogens is 300 g/mol. The molecule has 0 aliphatic rings. The number of anilines is 1. The zero-order valence-corrected chi connectivity index (χ0v) is 14.8. The molecule has 2 aromatic carbocycles. The van der Waals surface area contributed by atoms with Crippen molar-refractivity contribution in [1.82, 2.24) is 5.32 Å². The van der Waals surface area contributed by atoms with E-state index in [2.05, 4.69) is 79.1 Å². The van der Waals surface area contributed by atoms with Crippen LogP contribution in [0.5, 0.6) is 0 Å². The van der Waals surface area contributed by atoms with Gasteiger partial charge in [0.2, 0.25) is 0 Å². The van der Waals surface area contributed by atoms with Gasteiger partial charge in [0, 0.05) is 12.2 Å². The van der Waals surface area contributed by atoms with Crippen LogP contribution in [0.2, 0.25) is 0 Å². The lowest BCUT2D eigenvalue weighted by molar-refractivity contribution is 0.498. The summed E-state index contributed by atoms with van der Waals surface area (Å²) in [5, 5.41) is 7.30. The Labute approximate surface area is 145 Å². The quantitative estimate of drug-likeness (QED) is 0.714. The second-order valence-electron chi connectivity index (χ2n) is 5.85. The summed E-state index contributed by atoms with van der Waals surface area (Å²) in [7, 11) is 0. The fourth-order valence-electron chi connectivity index (χ4n) is 2.54. The van der Waals surface area contributed by atoms with Crippen LogP contribution in [0.25, 0.3) is 0 Å². The minimum Gasteiger partial charge on any atom is -0.362 e. The Hall–Kier alpha value is -1.87. The van der Waals surface area contributed by atoms with E-state index in [1.165, 1.54) is 11.1 Å². The Morgan fingerprint density at radius 3 is 2.26 bits per heavy atom. The topological polar surface area (TPSA) is 24.1 Å². The van der Waals surface area contributed by atoms with Gasteiger partial charge in [0.25, 0.3) is 0 Å². The highest BCUT2D eigenvalue weighted by Crippen LogP contribution is 2.12. The summed E-state index contributed by atoms with van der Waals surface area (Å²) in [6, 6.07) is 19.1. The van der Waals surface area contributed by atoms with Crippen molar-refractivity contribution < 1.29 is 0 Å². The van der Waals surface area contributed by atoms with Crippen molar-refractivity contribution in [2.45, 2.75) is 33.1 Å². The summed E-state index contributed by atoms with van der Waals surface area (Å²) in [6.45, 7) is 5.28. The molecule has 2 aromatic rings. The third-order valence-corrected chi connectivity index (χ3v) is 4.36. The van der Waals surface area contributed by atoms with Crippen LogP contribution in [0.15, 0.2) is 54.6 Å². The molecule has 0 aliphatic carbocycles. The maximum atomic E-state index is 5.41. The predicted molar refractivity (Wildman–Crippen MR) is 104 cm³/mol. The third-order valence-electron chi connectivity index (χ3n) is 4.12. The van der Waals surface area contributed by atoms with E-state index in [0.717, 1.165) is 31.5 Å². The van der Waals surface area contributed by atoms with Gasteiger partial charge in [0.15, 0.2) is 5.11 Å². The van der Waals surface area contributed by atoms with Crippen LogP contribution in [-0.2, 0) is 12.8 Å².